The van der Waals surface area contributed by atoms with Crippen molar-refractivity contribution < 1.29 is 9.53 Å². The van der Waals surface area contributed by atoms with Crippen LogP contribution in [0.4, 0.5) is 11.4 Å². The van der Waals surface area contributed by atoms with Crippen molar-refractivity contribution in [1.82, 2.24) is 15.0 Å². The van der Waals surface area contributed by atoms with Gasteiger partial charge in [0.15, 0.2) is 0 Å². The first-order valence-corrected chi connectivity index (χ1v) is 12.2. The molecule has 1 atom stereocenters. The maximum absolute atomic E-state index is 12.9. The summed E-state index contributed by atoms with van der Waals surface area (Å²) in [6, 6.07) is 19.3. The van der Waals surface area contributed by atoms with Crippen LogP contribution in [0.25, 0.3) is 16.7 Å². The Bertz CT molecular complexity index is 1290. The van der Waals surface area contributed by atoms with Gasteiger partial charge in [-0.2, -0.15) is 4.80 Å². The summed E-state index contributed by atoms with van der Waals surface area (Å²) in [7, 11) is 0. The van der Waals surface area contributed by atoms with E-state index in [1.165, 1.54) is 5.69 Å². The fourth-order valence-electron chi connectivity index (χ4n) is 3.90. The van der Waals surface area contributed by atoms with Gasteiger partial charge in [-0.05, 0) is 100 Å². The van der Waals surface area contributed by atoms with E-state index in [1.807, 2.05) is 50.2 Å². The Kier molecular flexibility index (Phi) is 7.34. The monoisotopic (exact) mass is 471 g/mol. The molecule has 0 spiro atoms. The van der Waals surface area contributed by atoms with Crippen LogP contribution in [0.3, 0.4) is 0 Å². The van der Waals surface area contributed by atoms with E-state index in [4.69, 9.17) is 4.74 Å². The van der Waals surface area contributed by atoms with E-state index in [-0.39, 0.29) is 12.0 Å². The number of carbonyl (C=O) groups excluding carboxylic acids is 1. The standard InChI is InChI=1S/C28H33N5O2/c1-6-20(5)35-24-15-9-21(10-16-24)28(34)29-25-18-27-26(17-19(25)4)30-33(31-27)23-13-11-22(12-14-23)32(7-2)8-3/h9-18,20H,6-8H2,1-5H3,(H,29,34)/t20-/m1/s1. The molecule has 1 amide bonds. The number of nitrogens with zero attached hydrogens (tertiary/aromatic N) is 4. The first kappa shape index (κ1) is 24.3. The molecular weight excluding hydrogens is 438 g/mol. The van der Waals surface area contributed by atoms with Crippen LogP contribution in [-0.4, -0.2) is 40.1 Å². The third-order valence-electron chi connectivity index (χ3n) is 6.21. The quantitative estimate of drug-likeness (QED) is 0.324. The lowest BCUT2D eigenvalue weighted by Gasteiger charge is -2.20. The van der Waals surface area contributed by atoms with Crippen LogP contribution in [-0.2, 0) is 0 Å². The number of aromatic nitrogens is 3. The Morgan fingerprint density at radius 3 is 2.20 bits per heavy atom. The SMILES string of the molecule is CC[C@@H](C)Oc1ccc(C(=O)Nc2cc3nn(-c4ccc(N(CC)CC)cc4)nc3cc2C)cc1. The summed E-state index contributed by atoms with van der Waals surface area (Å²) >= 11 is 0. The van der Waals surface area contributed by atoms with E-state index in [1.54, 1.807) is 16.9 Å². The third-order valence-corrected chi connectivity index (χ3v) is 6.21. The minimum absolute atomic E-state index is 0.137. The second kappa shape index (κ2) is 10.6. The van der Waals surface area contributed by atoms with Crippen molar-refractivity contribution in [2.24, 2.45) is 0 Å². The molecule has 7 nitrogen and oxygen atoms in total. The van der Waals surface area contributed by atoms with Gasteiger partial charge in [0.05, 0.1) is 11.8 Å². The second-order valence-corrected chi connectivity index (χ2v) is 8.65. The lowest BCUT2D eigenvalue weighted by Crippen LogP contribution is -2.21. The topological polar surface area (TPSA) is 72.3 Å². The van der Waals surface area contributed by atoms with Crippen LogP contribution >= 0.6 is 0 Å². The zero-order valence-corrected chi connectivity index (χ0v) is 21.1. The molecule has 182 valence electrons. The molecule has 0 bridgehead atoms. The van der Waals surface area contributed by atoms with Gasteiger partial charge < -0.3 is 15.0 Å². The molecular formula is C28H33N5O2. The van der Waals surface area contributed by atoms with Gasteiger partial charge in [0, 0.05) is 30.0 Å². The number of carbonyl (C=O) groups is 1. The summed E-state index contributed by atoms with van der Waals surface area (Å²) in [5.74, 6) is 0.581. The van der Waals surface area contributed by atoms with Gasteiger partial charge in [-0.15, -0.1) is 10.2 Å². The number of hydrogen-bond acceptors (Lipinski definition) is 5. The number of rotatable bonds is 9. The van der Waals surface area contributed by atoms with Crippen molar-refractivity contribution in [1.29, 1.82) is 0 Å². The van der Waals surface area contributed by atoms with Gasteiger partial charge in [0.2, 0.25) is 0 Å². The van der Waals surface area contributed by atoms with E-state index in [0.29, 0.717) is 11.3 Å². The predicted molar refractivity (Wildman–Crippen MR) is 142 cm³/mol. The summed E-state index contributed by atoms with van der Waals surface area (Å²) in [6.07, 6.45) is 1.06. The lowest BCUT2D eigenvalue weighted by atomic mass is 10.1. The Balaban J connectivity index is 1.52. The highest BCUT2D eigenvalue weighted by atomic mass is 16.5. The van der Waals surface area contributed by atoms with Crippen molar-refractivity contribution in [2.75, 3.05) is 23.3 Å². The number of ether oxygens (including phenoxy) is 1. The molecule has 1 N–H and O–H groups in total. The molecule has 4 aromatic rings. The molecule has 1 heterocycles. The predicted octanol–water partition coefficient (Wildman–Crippen LogP) is 6.00. The van der Waals surface area contributed by atoms with Crippen molar-refractivity contribution in [3.05, 3.63) is 71.8 Å². The average molecular weight is 472 g/mol. The molecule has 0 saturated carbocycles. The van der Waals surface area contributed by atoms with Gasteiger partial charge in [-0.25, -0.2) is 0 Å². The minimum atomic E-state index is -0.179. The van der Waals surface area contributed by atoms with E-state index >= 15 is 0 Å². The first-order valence-electron chi connectivity index (χ1n) is 12.2. The van der Waals surface area contributed by atoms with Crippen LogP contribution in [0.2, 0.25) is 0 Å². The maximum atomic E-state index is 12.9. The molecule has 35 heavy (non-hydrogen) atoms. The Morgan fingerprint density at radius 2 is 1.60 bits per heavy atom. The average Bonchev–Trinajstić information content (AvgIpc) is 3.28. The highest BCUT2D eigenvalue weighted by Gasteiger charge is 2.13. The zero-order valence-electron chi connectivity index (χ0n) is 21.1. The van der Waals surface area contributed by atoms with Gasteiger partial charge in [-0.3, -0.25) is 4.79 Å². The molecule has 4 rings (SSSR count). The summed E-state index contributed by atoms with van der Waals surface area (Å²) in [5, 5.41) is 12.3. The Hall–Kier alpha value is -3.87. The van der Waals surface area contributed by atoms with Crippen molar-refractivity contribution >= 4 is 28.3 Å². The zero-order chi connectivity index (χ0) is 24.9. The summed E-state index contributed by atoms with van der Waals surface area (Å²) in [6.45, 7) is 12.3. The minimum Gasteiger partial charge on any atom is -0.491 e. The highest BCUT2D eigenvalue weighted by molar-refractivity contribution is 6.05. The summed E-state index contributed by atoms with van der Waals surface area (Å²) in [4.78, 5) is 16.8. The van der Waals surface area contributed by atoms with Crippen LogP contribution in [0.5, 0.6) is 5.75 Å². The number of benzene rings is 3. The van der Waals surface area contributed by atoms with Gasteiger partial charge >= 0.3 is 0 Å². The number of amides is 1. The fraction of sp³-hybridized carbons (Fsp3) is 0.321. The molecule has 0 saturated heterocycles. The van der Waals surface area contributed by atoms with E-state index in [9.17, 15) is 4.79 Å². The fourth-order valence-corrected chi connectivity index (χ4v) is 3.90. The van der Waals surface area contributed by atoms with Crippen LogP contribution < -0.4 is 15.0 Å². The van der Waals surface area contributed by atoms with E-state index in [0.717, 1.165) is 47.5 Å². The van der Waals surface area contributed by atoms with Crippen LogP contribution in [0, 0.1) is 6.92 Å². The van der Waals surface area contributed by atoms with Crippen LogP contribution in [0.15, 0.2) is 60.7 Å². The van der Waals surface area contributed by atoms with Gasteiger partial charge in [0.25, 0.3) is 5.91 Å². The number of aryl methyl sites for hydroxylation is 1. The number of hydrogen-bond donors (Lipinski definition) is 1. The van der Waals surface area contributed by atoms with Gasteiger partial charge in [-0.1, -0.05) is 6.92 Å². The second-order valence-electron chi connectivity index (χ2n) is 8.65. The lowest BCUT2D eigenvalue weighted by molar-refractivity contribution is 0.102. The van der Waals surface area contributed by atoms with E-state index in [2.05, 4.69) is 53.3 Å². The van der Waals surface area contributed by atoms with Crippen LogP contribution in [0.1, 0.15) is 50.0 Å². The van der Waals surface area contributed by atoms with Crippen molar-refractivity contribution in [3.63, 3.8) is 0 Å². The first-order chi connectivity index (χ1) is 16.9. The Labute approximate surface area is 206 Å². The van der Waals surface area contributed by atoms with Crippen molar-refractivity contribution in [3.8, 4) is 11.4 Å². The molecule has 0 unspecified atom stereocenters. The molecule has 0 aliphatic heterocycles. The molecule has 1 aromatic heterocycles. The molecule has 0 radical (unpaired) electrons. The van der Waals surface area contributed by atoms with Crippen molar-refractivity contribution in [2.45, 2.75) is 47.1 Å². The summed E-state index contributed by atoms with van der Waals surface area (Å²) < 4.78 is 5.80. The maximum Gasteiger partial charge on any atom is 0.255 e. The number of fused-ring (bicyclic) bond motifs is 1. The smallest absolute Gasteiger partial charge is 0.255 e. The third kappa shape index (κ3) is 5.45. The normalized spacial score (nSPS) is 11.9. The number of anilines is 2. The highest BCUT2D eigenvalue weighted by Crippen LogP contribution is 2.24. The molecule has 0 aliphatic rings. The molecule has 0 fully saturated rings. The molecule has 3 aromatic carbocycles. The summed E-state index contributed by atoms with van der Waals surface area (Å²) in [5.41, 5.74) is 5.77. The van der Waals surface area contributed by atoms with E-state index < -0.39 is 0 Å². The van der Waals surface area contributed by atoms with Gasteiger partial charge in [0.1, 0.15) is 16.8 Å². The molecule has 0 aliphatic carbocycles. The Morgan fingerprint density at radius 1 is 0.971 bits per heavy atom. The molecule has 7 heteroatoms. The largest absolute Gasteiger partial charge is 0.491 e. The number of nitrogens with one attached hydrogen (secondary N) is 1.